The van der Waals surface area contributed by atoms with E-state index in [0.717, 1.165) is 71.2 Å². The molecule has 0 bridgehead atoms. The average molecular weight is 347 g/mol. The molecule has 0 radical (unpaired) electrons. The molecule has 0 aromatic rings. The number of methoxy groups -OCH3 is 2. The van der Waals surface area contributed by atoms with Crippen molar-refractivity contribution in [3.05, 3.63) is 0 Å². The van der Waals surface area contributed by atoms with Crippen LogP contribution in [-0.2, 0) is 14.2 Å². The summed E-state index contributed by atoms with van der Waals surface area (Å²) in [5.74, 6) is 0.892. The number of nitrogens with one attached hydrogen (secondary N) is 2. The lowest BCUT2D eigenvalue weighted by Gasteiger charge is -2.18. The van der Waals surface area contributed by atoms with Crippen molar-refractivity contribution < 1.29 is 14.2 Å². The van der Waals surface area contributed by atoms with E-state index in [4.69, 9.17) is 14.2 Å². The molecular weight excluding hydrogens is 308 g/mol. The lowest BCUT2D eigenvalue weighted by Crippen LogP contribution is -2.41. The molecule has 144 valence electrons. The highest BCUT2D eigenvalue weighted by Gasteiger charge is 2.00. The maximum atomic E-state index is 5.44. The standard InChI is InChI=1S/C17H38N4O3/c1-5-18-17(19-9-6-7-14-24-16-15-23-4)20-10-12-21(2)11-8-13-22-3/h5-16H2,1-4H3,(H2,18,19,20). The van der Waals surface area contributed by atoms with E-state index in [9.17, 15) is 0 Å². The van der Waals surface area contributed by atoms with Gasteiger partial charge in [0.05, 0.1) is 13.2 Å². The minimum Gasteiger partial charge on any atom is -0.385 e. The fourth-order valence-corrected chi connectivity index (χ4v) is 2.05. The van der Waals surface area contributed by atoms with Crippen molar-refractivity contribution in [2.45, 2.75) is 26.2 Å². The highest BCUT2D eigenvalue weighted by molar-refractivity contribution is 5.79. The van der Waals surface area contributed by atoms with Crippen LogP contribution in [0, 0.1) is 0 Å². The van der Waals surface area contributed by atoms with Crippen molar-refractivity contribution in [3.63, 3.8) is 0 Å². The third-order valence-corrected chi connectivity index (χ3v) is 3.42. The molecule has 0 aromatic heterocycles. The Labute approximate surface area is 148 Å². The lowest BCUT2D eigenvalue weighted by atomic mass is 10.3. The van der Waals surface area contributed by atoms with Crippen molar-refractivity contribution in [2.24, 2.45) is 4.99 Å². The van der Waals surface area contributed by atoms with E-state index in [2.05, 4.69) is 34.5 Å². The van der Waals surface area contributed by atoms with Gasteiger partial charge in [-0.05, 0) is 33.2 Å². The van der Waals surface area contributed by atoms with Crippen LogP contribution in [0.25, 0.3) is 0 Å². The van der Waals surface area contributed by atoms with E-state index in [1.54, 1.807) is 14.2 Å². The van der Waals surface area contributed by atoms with Crippen molar-refractivity contribution in [1.29, 1.82) is 0 Å². The van der Waals surface area contributed by atoms with E-state index >= 15 is 0 Å². The molecule has 7 heteroatoms. The predicted octanol–water partition coefficient (Wildman–Crippen LogP) is 0.953. The second-order valence-electron chi connectivity index (χ2n) is 5.65. The molecule has 0 heterocycles. The van der Waals surface area contributed by atoms with Gasteiger partial charge in [0.2, 0.25) is 0 Å². The number of guanidine groups is 1. The highest BCUT2D eigenvalue weighted by atomic mass is 16.5. The fourth-order valence-electron chi connectivity index (χ4n) is 2.05. The van der Waals surface area contributed by atoms with E-state index in [0.29, 0.717) is 13.2 Å². The van der Waals surface area contributed by atoms with Gasteiger partial charge in [0.15, 0.2) is 5.96 Å². The number of hydrogen-bond donors (Lipinski definition) is 2. The molecule has 0 spiro atoms. The summed E-state index contributed by atoms with van der Waals surface area (Å²) < 4.78 is 15.4. The zero-order valence-electron chi connectivity index (χ0n) is 16.1. The maximum absolute atomic E-state index is 5.44. The van der Waals surface area contributed by atoms with Crippen molar-refractivity contribution in [2.75, 3.05) is 80.4 Å². The molecule has 0 atom stereocenters. The van der Waals surface area contributed by atoms with Gasteiger partial charge >= 0.3 is 0 Å². The molecule has 0 aromatic carbocycles. The summed E-state index contributed by atoms with van der Waals surface area (Å²) in [6, 6.07) is 0. The first kappa shape index (κ1) is 23.1. The largest absolute Gasteiger partial charge is 0.385 e. The third kappa shape index (κ3) is 16.0. The van der Waals surface area contributed by atoms with Crippen molar-refractivity contribution >= 4 is 5.96 Å². The Bertz CT molecular complexity index is 291. The smallest absolute Gasteiger partial charge is 0.191 e. The Kier molecular flexibility index (Phi) is 17.8. The van der Waals surface area contributed by atoms with E-state index in [1.165, 1.54) is 0 Å². The monoisotopic (exact) mass is 346 g/mol. The zero-order valence-corrected chi connectivity index (χ0v) is 16.1. The average Bonchev–Trinajstić information content (AvgIpc) is 2.57. The van der Waals surface area contributed by atoms with E-state index < -0.39 is 0 Å². The summed E-state index contributed by atoms with van der Waals surface area (Å²) in [5.41, 5.74) is 0. The van der Waals surface area contributed by atoms with Gasteiger partial charge in [0.25, 0.3) is 0 Å². The van der Waals surface area contributed by atoms with Crippen molar-refractivity contribution in [3.8, 4) is 0 Å². The topological polar surface area (TPSA) is 67.4 Å². The normalized spacial score (nSPS) is 12.0. The molecule has 0 unspecified atom stereocenters. The molecule has 0 fully saturated rings. The van der Waals surface area contributed by atoms with Crippen LogP contribution in [0.15, 0.2) is 4.99 Å². The molecule has 7 nitrogen and oxygen atoms in total. The van der Waals surface area contributed by atoms with Crippen LogP contribution in [0.1, 0.15) is 26.2 Å². The van der Waals surface area contributed by atoms with Gasteiger partial charge in [-0.2, -0.15) is 0 Å². The van der Waals surface area contributed by atoms with Crippen LogP contribution >= 0.6 is 0 Å². The lowest BCUT2D eigenvalue weighted by molar-refractivity contribution is 0.0690. The summed E-state index contributed by atoms with van der Waals surface area (Å²) in [5, 5.41) is 6.66. The number of hydrogen-bond acceptors (Lipinski definition) is 5. The molecule has 0 saturated carbocycles. The van der Waals surface area contributed by atoms with Crippen LogP contribution in [-0.4, -0.2) is 91.3 Å². The molecule has 0 aliphatic carbocycles. The first-order chi connectivity index (χ1) is 11.7. The van der Waals surface area contributed by atoms with E-state index in [-0.39, 0.29) is 0 Å². The van der Waals surface area contributed by atoms with Crippen LogP contribution in [0.3, 0.4) is 0 Å². The maximum Gasteiger partial charge on any atom is 0.191 e. The summed E-state index contributed by atoms with van der Waals surface area (Å²) in [6.07, 6.45) is 3.11. The molecular formula is C17H38N4O3. The number of aliphatic imine (C=N–C) groups is 1. The molecule has 24 heavy (non-hydrogen) atoms. The summed E-state index contributed by atoms with van der Waals surface area (Å²) in [6.45, 7) is 9.60. The Morgan fingerprint density at radius 1 is 0.917 bits per heavy atom. The number of rotatable bonds is 16. The Morgan fingerprint density at radius 2 is 1.71 bits per heavy atom. The molecule has 0 aliphatic heterocycles. The number of unbranched alkanes of at least 4 members (excludes halogenated alkanes) is 1. The minimum absolute atomic E-state index is 0.659. The van der Waals surface area contributed by atoms with Gasteiger partial charge in [-0.1, -0.05) is 0 Å². The van der Waals surface area contributed by atoms with Gasteiger partial charge in [0, 0.05) is 60.2 Å². The zero-order chi connectivity index (χ0) is 17.9. The highest BCUT2D eigenvalue weighted by Crippen LogP contribution is 1.92. The number of ether oxygens (including phenoxy) is 3. The molecule has 0 rings (SSSR count). The minimum atomic E-state index is 0.659. The summed E-state index contributed by atoms with van der Waals surface area (Å²) in [4.78, 5) is 6.89. The van der Waals surface area contributed by atoms with Crippen molar-refractivity contribution in [1.82, 2.24) is 15.5 Å². The molecule has 0 amide bonds. The van der Waals surface area contributed by atoms with Crippen LogP contribution in [0.4, 0.5) is 0 Å². The molecule has 2 N–H and O–H groups in total. The number of nitrogens with zero attached hydrogens (tertiary/aromatic N) is 2. The number of likely N-dealkylation sites (N-methyl/N-ethyl adjacent to an activating group) is 1. The second kappa shape index (κ2) is 18.4. The SMILES string of the molecule is CCNC(=NCCCCOCCOC)NCCN(C)CCCOC. The Balaban J connectivity index is 3.74. The molecule has 0 aliphatic rings. The predicted molar refractivity (Wildman–Crippen MR) is 99.9 cm³/mol. The van der Waals surface area contributed by atoms with Gasteiger partial charge in [0.1, 0.15) is 0 Å². The summed E-state index contributed by atoms with van der Waals surface area (Å²) in [7, 11) is 5.56. The quantitative estimate of drug-likeness (QED) is 0.246. The van der Waals surface area contributed by atoms with Gasteiger partial charge in [-0.25, -0.2) is 0 Å². The second-order valence-corrected chi connectivity index (χ2v) is 5.65. The fraction of sp³-hybridized carbons (Fsp3) is 0.941. The van der Waals surface area contributed by atoms with Crippen LogP contribution in [0.2, 0.25) is 0 Å². The summed E-state index contributed by atoms with van der Waals surface area (Å²) >= 11 is 0. The van der Waals surface area contributed by atoms with Gasteiger partial charge < -0.3 is 29.7 Å². The first-order valence-corrected chi connectivity index (χ1v) is 9.00. The third-order valence-electron chi connectivity index (χ3n) is 3.42. The first-order valence-electron chi connectivity index (χ1n) is 9.00. The Hall–Kier alpha value is -0.890. The molecule has 0 saturated heterocycles. The van der Waals surface area contributed by atoms with Gasteiger partial charge in [-0.15, -0.1) is 0 Å². The van der Waals surface area contributed by atoms with E-state index in [1.807, 2.05) is 0 Å². The Morgan fingerprint density at radius 3 is 2.42 bits per heavy atom. The van der Waals surface area contributed by atoms with Gasteiger partial charge in [-0.3, -0.25) is 4.99 Å². The van der Waals surface area contributed by atoms with Crippen LogP contribution < -0.4 is 10.6 Å². The van der Waals surface area contributed by atoms with Crippen LogP contribution in [0.5, 0.6) is 0 Å².